The molecule has 26 heavy (non-hydrogen) atoms. The van der Waals surface area contributed by atoms with Crippen molar-refractivity contribution in [2.75, 3.05) is 46.9 Å². The number of carbonyl (C=O) groups excluding carboxylic acids is 1. The molecular formula is C20H33N3O3. The van der Waals surface area contributed by atoms with Gasteiger partial charge in [-0.25, -0.2) is 0 Å². The molecule has 1 saturated heterocycles. The maximum atomic E-state index is 12.1. The van der Waals surface area contributed by atoms with Gasteiger partial charge in [-0.15, -0.1) is 0 Å². The molecule has 1 aliphatic rings. The number of amides is 1. The second-order valence-corrected chi connectivity index (χ2v) is 7.00. The van der Waals surface area contributed by atoms with Gasteiger partial charge in [0.25, 0.3) is 0 Å². The van der Waals surface area contributed by atoms with Crippen molar-refractivity contribution in [2.24, 2.45) is 0 Å². The molecule has 2 rings (SSSR count). The summed E-state index contributed by atoms with van der Waals surface area (Å²) in [6.07, 6.45) is 2.13. The lowest BCUT2D eigenvalue weighted by molar-refractivity contribution is -0.123. The summed E-state index contributed by atoms with van der Waals surface area (Å²) in [5.74, 6) is 1.66. The molecule has 0 radical (unpaired) electrons. The van der Waals surface area contributed by atoms with E-state index in [1.54, 1.807) is 14.2 Å². The van der Waals surface area contributed by atoms with Crippen molar-refractivity contribution >= 4 is 5.91 Å². The standard InChI is InChI=1S/C20H33N3O3/c1-5-6-16(2)21-20(24)15-23-11-9-22(10-12-23)14-17-7-8-18(25-3)19(13-17)26-4/h7-8,13,16H,5-6,9-12,14-15H2,1-4H3,(H,21,24)/t16-/m0/s1. The van der Waals surface area contributed by atoms with Crippen molar-refractivity contribution in [1.82, 2.24) is 15.1 Å². The van der Waals surface area contributed by atoms with Gasteiger partial charge >= 0.3 is 0 Å². The summed E-state index contributed by atoms with van der Waals surface area (Å²) in [5.41, 5.74) is 1.21. The van der Waals surface area contributed by atoms with Crippen LogP contribution in [0.15, 0.2) is 18.2 Å². The molecule has 6 nitrogen and oxygen atoms in total. The van der Waals surface area contributed by atoms with E-state index in [4.69, 9.17) is 9.47 Å². The van der Waals surface area contributed by atoms with Crippen LogP contribution in [0, 0.1) is 0 Å². The van der Waals surface area contributed by atoms with Crippen molar-refractivity contribution in [3.8, 4) is 11.5 Å². The van der Waals surface area contributed by atoms with Crippen molar-refractivity contribution < 1.29 is 14.3 Å². The second-order valence-electron chi connectivity index (χ2n) is 7.00. The molecule has 1 aromatic carbocycles. The third-order valence-electron chi connectivity index (χ3n) is 4.82. The average Bonchev–Trinajstić information content (AvgIpc) is 2.63. The third-order valence-corrected chi connectivity index (χ3v) is 4.82. The fourth-order valence-electron chi connectivity index (χ4n) is 3.37. The number of hydrogen-bond acceptors (Lipinski definition) is 5. The van der Waals surface area contributed by atoms with Crippen molar-refractivity contribution in [2.45, 2.75) is 39.3 Å². The van der Waals surface area contributed by atoms with Crippen LogP contribution in [0.5, 0.6) is 11.5 Å². The number of hydrogen-bond donors (Lipinski definition) is 1. The molecule has 1 amide bonds. The number of ether oxygens (including phenoxy) is 2. The Kier molecular flexibility index (Phi) is 8.19. The van der Waals surface area contributed by atoms with Crippen LogP contribution >= 0.6 is 0 Å². The molecule has 1 N–H and O–H groups in total. The smallest absolute Gasteiger partial charge is 0.234 e. The Morgan fingerprint density at radius 3 is 2.38 bits per heavy atom. The molecule has 0 aliphatic carbocycles. The van der Waals surface area contributed by atoms with Crippen LogP contribution in [0.25, 0.3) is 0 Å². The lowest BCUT2D eigenvalue weighted by atomic mass is 10.1. The first-order valence-corrected chi connectivity index (χ1v) is 9.50. The average molecular weight is 364 g/mol. The van der Waals surface area contributed by atoms with Crippen LogP contribution < -0.4 is 14.8 Å². The summed E-state index contributed by atoms with van der Waals surface area (Å²) in [6.45, 7) is 9.36. The van der Waals surface area contributed by atoms with Gasteiger partial charge < -0.3 is 14.8 Å². The number of methoxy groups -OCH3 is 2. The van der Waals surface area contributed by atoms with E-state index in [0.717, 1.165) is 57.1 Å². The first-order valence-electron chi connectivity index (χ1n) is 9.50. The highest BCUT2D eigenvalue weighted by Gasteiger charge is 2.20. The Morgan fingerprint density at radius 2 is 1.77 bits per heavy atom. The summed E-state index contributed by atoms with van der Waals surface area (Å²) in [7, 11) is 3.31. The third kappa shape index (κ3) is 6.18. The maximum absolute atomic E-state index is 12.1. The van der Waals surface area contributed by atoms with E-state index in [9.17, 15) is 4.79 Å². The summed E-state index contributed by atoms with van der Waals surface area (Å²) >= 11 is 0. The largest absolute Gasteiger partial charge is 0.493 e. The minimum Gasteiger partial charge on any atom is -0.493 e. The van der Waals surface area contributed by atoms with Gasteiger partial charge in [-0.2, -0.15) is 0 Å². The Balaban J connectivity index is 1.77. The molecule has 0 aromatic heterocycles. The van der Waals surface area contributed by atoms with Crippen LogP contribution in [0.3, 0.4) is 0 Å². The van der Waals surface area contributed by atoms with Crippen molar-refractivity contribution in [1.29, 1.82) is 0 Å². The highest BCUT2D eigenvalue weighted by molar-refractivity contribution is 5.78. The lowest BCUT2D eigenvalue weighted by Crippen LogP contribution is -2.49. The first-order chi connectivity index (χ1) is 12.5. The zero-order valence-electron chi connectivity index (χ0n) is 16.6. The Morgan fingerprint density at radius 1 is 1.12 bits per heavy atom. The van der Waals surface area contributed by atoms with E-state index in [-0.39, 0.29) is 11.9 Å². The molecule has 1 fully saturated rings. The topological polar surface area (TPSA) is 54.0 Å². The van der Waals surface area contributed by atoms with Gasteiger partial charge in [0.2, 0.25) is 5.91 Å². The number of nitrogens with one attached hydrogen (secondary N) is 1. The number of piperazine rings is 1. The van der Waals surface area contributed by atoms with Crippen LogP contribution in [0.4, 0.5) is 0 Å². The molecule has 1 heterocycles. The second kappa shape index (κ2) is 10.4. The van der Waals surface area contributed by atoms with Gasteiger partial charge in [0.05, 0.1) is 20.8 Å². The van der Waals surface area contributed by atoms with E-state index >= 15 is 0 Å². The predicted molar refractivity (Wildman–Crippen MR) is 104 cm³/mol. The van der Waals surface area contributed by atoms with E-state index in [1.807, 2.05) is 12.1 Å². The van der Waals surface area contributed by atoms with E-state index in [2.05, 4.69) is 35.0 Å². The van der Waals surface area contributed by atoms with Crippen molar-refractivity contribution in [3.05, 3.63) is 23.8 Å². The zero-order chi connectivity index (χ0) is 18.9. The lowest BCUT2D eigenvalue weighted by Gasteiger charge is -2.34. The molecule has 0 spiro atoms. The van der Waals surface area contributed by atoms with Gasteiger partial charge in [0.1, 0.15) is 0 Å². The molecule has 0 saturated carbocycles. The van der Waals surface area contributed by atoms with Gasteiger partial charge in [-0.1, -0.05) is 19.4 Å². The molecule has 146 valence electrons. The molecule has 1 atom stereocenters. The van der Waals surface area contributed by atoms with Crippen molar-refractivity contribution in [3.63, 3.8) is 0 Å². The minimum absolute atomic E-state index is 0.138. The monoisotopic (exact) mass is 363 g/mol. The molecule has 1 aliphatic heterocycles. The van der Waals surface area contributed by atoms with Crippen LogP contribution in [-0.2, 0) is 11.3 Å². The number of rotatable bonds is 9. The predicted octanol–water partition coefficient (Wildman–Crippen LogP) is 2.13. The number of benzene rings is 1. The van der Waals surface area contributed by atoms with E-state index in [1.165, 1.54) is 5.56 Å². The highest BCUT2D eigenvalue weighted by atomic mass is 16.5. The summed E-state index contributed by atoms with van der Waals surface area (Å²) in [4.78, 5) is 16.8. The van der Waals surface area contributed by atoms with Crippen LogP contribution in [0.2, 0.25) is 0 Å². The molecule has 1 aromatic rings. The molecule has 0 bridgehead atoms. The summed E-state index contributed by atoms with van der Waals surface area (Å²) < 4.78 is 10.7. The zero-order valence-corrected chi connectivity index (χ0v) is 16.6. The molecule has 6 heteroatoms. The quantitative estimate of drug-likeness (QED) is 0.728. The highest BCUT2D eigenvalue weighted by Crippen LogP contribution is 2.28. The maximum Gasteiger partial charge on any atom is 0.234 e. The molecular weight excluding hydrogens is 330 g/mol. The first kappa shape index (κ1) is 20.5. The van der Waals surface area contributed by atoms with Crippen LogP contribution in [-0.4, -0.2) is 68.7 Å². The number of carbonyl (C=O) groups is 1. The Hall–Kier alpha value is -1.79. The van der Waals surface area contributed by atoms with Gasteiger partial charge in [0.15, 0.2) is 11.5 Å². The van der Waals surface area contributed by atoms with E-state index < -0.39 is 0 Å². The summed E-state index contributed by atoms with van der Waals surface area (Å²) in [6, 6.07) is 6.33. The fourth-order valence-corrected chi connectivity index (χ4v) is 3.37. The number of nitrogens with zero attached hydrogens (tertiary/aromatic N) is 2. The SMILES string of the molecule is CCC[C@H](C)NC(=O)CN1CCN(Cc2ccc(OC)c(OC)c2)CC1. The Bertz CT molecular complexity index is 571. The normalized spacial score (nSPS) is 16.9. The van der Waals surface area contributed by atoms with Gasteiger partial charge in [0, 0.05) is 38.8 Å². The van der Waals surface area contributed by atoms with Crippen LogP contribution in [0.1, 0.15) is 32.3 Å². The molecule has 0 unspecified atom stereocenters. The summed E-state index contributed by atoms with van der Waals surface area (Å²) in [5, 5.41) is 3.08. The minimum atomic E-state index is 0.138. The fraction of sp³-hybridized carbons (Fsp3) is 0.650. The van der Waals surface area contributed by atoms with Gasteiger partial charge in [-0.05, 0) is 31.0 Å². The van der Waals surface area contributed by atoms with Gasteiger partial charge in [-0.3, -0.25) is 14.6 Å². The Labute approximate surface area is 157 Å². The van der Waals surface area contributed by atoms with E-state index in [0.29, 0.717) is 6.54 Å².